The summed E-state index contributed by atoms with van der Waals surface area (Å²) in [6.07, 6.45) is 2.42. The lowest BCUT2D eigenvalue weighted by molar-refractivity contribution is -0.269. The highest BCUT2D eigenvalue weighted by atomic mass is 17.1. The molecular formula is C10H8O3. The fraction of sp³-hybridized carbons (Fsp3) is 0.100. The van der Waals surface area contributed by atoms with Gasteiger partial charge >= 0.3 is 0 Å². The molecule has 0 saturated heterocycles. The summed E-state index contributed by atoms with van der Waals surface area (Å²) in [5, 5.41) is 8.56. The van der Waals surface area contributed by atoms with Crippen LogP contribution in [0.15, 0.2) is 36.4 Å². The smallest absolute Gasteiger partial charge is 0.186 e. The summed E-state index contributed by atoms with van der Waals surface area (Å²) < 4.78 is 0. The molecule has 3 nitrogen and oxygen atoms in total. The molecule has 1 N–H and O–H groups in total. The Kier molecular flexibility index (Phi) is 1.96. The van der Waals surface area contributed by atoms with E-state index in [4.69, 9.17) is 5.26 Å². The Morgan fingerprint density at radius 2 is 2.08 bits per heavy atom. The molecule has 0 aromatic heterocycles. The van der Waals surface area contributed by atoms with Crippen molar-refractivity contribution < 1.29 is 14.9 Å². The number of rotatable bonds is 1. The van der Waals surface area contributed by atoms with E-state index in [1.165, 1.54) is 12.2 Å². The Balaban J connectivity index is 2.54. The lowest BCUT2D eigenvalue weighted by Crippen LogP contribution is -2.11. The molecule has 13 heavy (non-hydrogen) atoms. The van der Waals surface area contributed by atoms with Gasteiger partial charge in [0.1, 0.15) is 6.10 Å². The molecular weight excluding hydrogens is 168 g/mol. The maximum absolute atomic E-state index is 11.3. The van der Waals surface area contributed by atoms with Crippen LogP contribution >= 0.6 is 0 Å². The van der Waals surface area contributed by atoms with Gasteiger partial charge in [-0.3, -0.25) is 10.1 Å². The lowest BCUT2D eigenvalue weighted by atomic mass is 9.94. The molecule has 1 aliphatic carbocycles. The third kappa shape index (κ3) is 1.28. The second-order valence-electron chi connectivity index (χ2n) is 2.84. The van der Waals surface area contributed by atoms with Crippen LogP contribution in [0.3, 0.4) is 0 Å². The first kappa shape index (κ1) is 8.16. The standard InChI is InChI=1S/C10H8O3/c11-9-5-6-10(13-12)8-4-2-1-3-7(8)9/h1-6,10,12H. The fourth-order valence-corrected chi connectivity index (χ4v) is 1.43. The molecule has 0 radical (unpaired) electrons. The number of hydrogen-bond acceptors (Lipinski definition) is 3. The minimum absolute atomic E-state index is 0.0519. The first-order valence-electron chi connectivity index (χ1n) is 3.94. The molecule has 0 spiro atoms. The van der Waals surface area contributed by atoms with Crippen molar-refractivity contribution in [2.75, 3.05) is 0 Å². The van der Waals surface area contributed by atoms with E-state index in [-0.39, 0.29) is 5.78 Å². The number of fused-ring (bicyclic) bond motifs is 1. The van der Waals surface area contributed by atoms with E-state index in [2.05, 4.69) is 4.89 Å². The summed E-state index contributed by atoms with van der Waals surface area (Å²) in [6, 6.07) is 7.06. The summed E-state index contributed by atoms with van der Waals surface area (Å²) >= 11 is 0. The minimum atomic E-state index is -0.520. The summed E-state index contributed by atoms with van der Waals surface area (Å²) in [5.41, 5.74) is 1.29. The predicted molar refractivity (Wildman–Crippen MR) is 46.4 cm³/mol. The molecule has 2 rings (SSSR count). The summed E-state index contributed by atoms with van der Waals surface area (Å²) in [6.45, 7) is 0. The molecule has 0 aliphatic heterocycles. The van der Waals surface area contributed by atoms with Crippen LogP contribution in [0, 0.1) is 0 Å². The van der Waals surface area contributed by atoms with E-state index in [1.807, 2.05) is 0 Å². The number of hydrogen-bond donors (Lipinski definition) is 1. The van der Waals surface area contributed by atoms with Gasteiger partial charge in [-0.2, -0.15) is 0 Å². The maximum Gasteiger partial charge on any atom is 0.186 e. The molecule has 0 saturated carbocycles. The molecule has 0 bridgehead atoms. The van der Waals surface area contributed by atoms with Crippen molar-refractivity contribution in [2.24, 2.45) is 0 Å². The molecule has 0 heterocycles. The average molecular weight is 176 g/mol. The number of ketones is 1. The van der Waals surface area contributed by atoms with E-state index < -0.39 is 6.10 Å². The second kappa shape index (κ2) is 3.12. The Bertz CT molecular complexity index is 368. The predicted octanol–water partition coefficient (Wildman–Crippen LogP) is 1.97. The molecule has 1 aromatic carbocycles. The number of carbonyl (C=O) groups excluding carboxylic acids is 1. The molecule has 0 fully saturated rings. The zero-order valence-electron chi connectivity index (χ0n) is 6.81. The monoisotopic (exact) mass is 176 g/mol. The molecule has 1 aliphatic rings. The van der Waals surface area contributed by atoms with Gasteiger partial charge in [0.2, 0.25) is 0 Å². The van der Waals surface area contributed by atoms with Crippen LogP contribution in [0.4, 0.5) is 0 Å². The third-order valence-electron chi connectivity index (χ3n) is 2.07. The van der Waals surface area contributed by atoms with E-state index in [0.717, 1.165) is 0 Å². The van der Waals surface area contributed by atoms with Gasteiger partial charge in [0, 0.05) is 5.56 Å². The van der Waals surface area contributed by atoms with Crippen molar-refractivity contribution in [1.29, 1.82) is 0 Å². The average Bonchev–Trinajstić information content (AvgIpc) is 2.19. The molecule has 0 amide bonds. The van der Waals surface area contributed by atoms with Crippen LogP contribution in [-0.2, 0) is 4.89 Å². The highest BCUT2D eigenvalue weighted by molar-refractivity contribution is 6.06. The van der Waals surface area contributed by atoms with Crippen LogP contribution in [0.2, 0.25) is 0 Å². The first-order chi connectivity index (χ1) is 6.33. The van der Waals surface area contributed by atoms with Crippen molar-refractivity contribution in [3.05, 3.63) is 47.5 Å². The molecule has 1 unspecified atom stereocenters. The molecule has 66 valence electrons. The van der Waals surface area contributed by atoms with Crippen LogP contribution < -0.4 is 0 Å². The fourth-order valence-electron chi connectivity index (χ4n) is 1.43. The van der Waals surface area contributed by atoms with Crippen molar-refractivity contribution in [3.63, 3.8) is 0 Å². The van der Waals surface area contributed by atoms with Crippen LogP contribution in [0.1, 0.15) is 22.0 Å². The Morgan fingerprint density at radius 1 is 1.31 bits per heavy atom. The number of allylic oxidation sites excluding steroid dienone is 1. The van der Waals surface area contributed by atoms with E-state index >= 15 is 0 Å². The highest BCUT2D eigenvalue weighted by Crippen LogP contribution is 2.26. The van der Waals surface area contributed by atoms with Crippen LogP contribution in [0.5, 0.6) is 0 Å². The van der Waals surface area contributed by atoms with Crippen LogP contribution in [-0.4, -0.2) is 11.0 Å². The van der Waals surface area contributed by atoms with Gasteiger partial charge in [0.25, 0.3) is 0 Å². The SMILES string of the molecule is O=C1C=CC(OO)c2ccccc21. The zero-order chi connectivity index (χ0) is 9.26. The van der Waals surface area contributed by atoms with Gasteiger partial charge in [0.05, 0.1) is 0 Å². The summed E-state index contributed by atoms with van der Waals surface area (Å²) in [7, 11) is 0. The number of carbonyl (C=O) groups is 1. The topological polar surface area (TPSA) is 46.5 Å². The highest BCUT2D eigenvalue weighted by Gasteiger charge is 2.20. The van der Waals surface area contributed by atoms with E-state index in [9.17, 15) is 4.79 Å². The van der Waals surface area contributed by atoms with Gasteiger partial charge in [0.15, 0.2) is 5.78 Å². The van der Waals surface area contributed by atoms with Crippen molar-refractivity contribution >= 4 is 5.78 Å². The first-order valence-corrected chi connectivity index (χ1v) is 3.94. The Hall–Kier alpha value is -1.45. The van der Waals surface area contributed by atoms with Gasteiger partial charge in [-0.15, -0.1) is 0 Å². The molecule has 3 heteroatoms. The van der Waals surface area contributed by atoms with Gasteiger partial charge in [-0.05, 0) is 17.7 Å². The molecule has 1 aromatic rings. The zero-order valence-corrected chi connectivity index (χ0v) is 6.81. The van der Waals surface area contributed by atoms with E-state index in [0.29, 0.717) is 11.1 Å². The molecule has 1 atom stereocenters. The number of benzene rings is 1. The Labute approximate surface area is 75.2 Å². The largest absolute Gasteiger partial charge is 0.289 e. The lowest BCUT2D eigenvalue weighted by Gasteiger charge is -2.16. The minimum Gasteiger partial charge on any atom is -0.289 e. The Morgan fingerprint density at radius 3 is 2.85 bits per heavy atom. The van der Waals surface area contributed by atoms with Crippen LogP contribution in [0.25, 0.3) is 0 Å². The summed E-state index contributed by atoms with van der Waals surface area (Å²) in [5.74, 6) is -0.0519. The van der Waals surface area contributed by atoms with Crippen molar-refractivity contribution in [3.8, 4) is 0 Å². The van der Waals surface area contributed by atoms with Crippen molar-refractivity contribution in [1.82, 2.24) is 0 Å². The van der Waals surface area contributed by atoms with Crippen molar-refractivity contribution in [2.45, 2.75) is 6.10 Å². The van der Waals surface area contributed by atoms with Gasteiger partial charge < -0.3 is 0 Å². The van der Waals surface area contributed by atoms with Gasteiger partial charge in [-0.25, -0.2) is 4.89 Å². The third-order valence-corrected chi connectivity index (χ3v) is 2.07. The normalized spacial score (nSPS) is 20.1. The quantitative estimate of drug-likeness (QED) is 0.525. The summed E-state index contributed by atoms with van der Waals surface area (Å²) in [4.78, 5) is 15.5. The van der Waals surface area contributed by atoms with E-state index in [1.54, 1.807) is 24.3 Å². The van der Waals surface area contributed by atoms with Gasteiger partial charge in [-0.1, -0.05) is 24.3 Å². The maximum atomic E-state index is 11.3. The second-order valence-corrected chi connectivity index (χ2v) is 2.84.